The van der Waals surface area contributed by atoms with Crippen molar-refractivity contribution in [1.29, 1.82) is 0 Å². The number of fused-ring (bicyclic) bond motifs is 1. The first kappa shape index (κ1) is 19.0. The standard InChI is InChI=1S/C20H16F3N3O3/c21-20(22,23)29-14-8-9-15-16(11-14)24-18(13-6-7-13)26(19(15)28)25-17(27)10-12-4-2-1-3-5-12/h1-5,8-9,11,13H,6-7,10H2,(H,25,27). The topological polar surface area (TPSA) is 73.2 Å². The van der Waals surface area contributed by atoms with E-state index >= 15 is 0 Å². The zero-order valence-electron chi connectivity index (χ0n) is 15.1. The van der Waals surface area contributed by atoms with Crippen LogP contribution in [0.15, 0.2) is 53.3 Å². The summed E-state index contributed by atoms with van der Waals surface area (Å²) in [7, 11) is 0. The molecule has 1 saturated carbocycles. The normalized spacial score (nSPS) is 14.0. The fourth-order valence-electron chi connectivity index (χ4n) is 3.05. The van der Waals surface area contributed by atoms with E-state index in [0.29, 0.717) is 5.82 Å². The molecule has 0 aliphatic heterocycles. The number of aromatic nitrogens is 2. The Morgan fingerprint density at radius 1 is 1.17 bits per heavy atom. The van der Waals surface area contributed by atoms with Crippen molar-refractivity contribution in [3.05, 3.63) is 70.3 Å². The largest absolute Gasteiger partial charge is 0.573 e. The van der Waals surface area contributed by atoms with Gasteiger partial charge in [-0.25, -0.2) is 9.66 Å². The van der Waals surface area contributed by atoms with Crippen LogP contribution >= 0.6 is 0 Å². The Balaban J connectivity index is 1.69. The second-order valence-corrected chi connectivity index (χ2v) is 6.81. The van der Waals surface area contributed by atoms with Crippen LogP contribution in [-0.2, 0) is 11.2 Å². The first-order valence-corrected chi connectivity index (χ1v) is 8.96. The molecule has 1 fully saturated rings. The number of ether oxygens (including phenoxy) is 1. The quantitative estimate of drug-likeness (QED) is 0.708. The highest BCUT2D eigenvalue weighted by atomic mass is 19.4. The molecule has 150 valence electrons. The minimum atomic E-state index is -4.84. The van der Waals surface area contributed by atoms with Crippen molar-refractivity contribution in [3.63, 3.8) is 0 Å². The fourth-order valence-corrected chi connectivity index (χ4v) is 3.05. The number of hydrogen-bond donors (Lipinski definition) is 1. The van der Waals surface area contributed by atoms with Gasteiger partial charge in [-0.1, -0.05) is 30.3 Å². The second-order valence-electron chi connectivity index (χ2n) is 6.81. The number of alkyl halides is 3. The maximum atomic E-state index is 12.9. The number of carbonyl (C=O) groups is 1. The van der Waals surface area contributed by atoms with E-state index in [1.54, 1.807) is 12.1 Å². The SMILES string of the molecule is O=C(Cc1ccccc1)Nn1c(C2CC2)nc2cc(OC(F)(F)F)ccc2c1=O. The lowest BCUT2D eigenvalue weighted by atomic mass is 10.1. The van der Waals surface area contributed by atoms with E-state index in [9.17, 15) is 22.8 Å². The average molecular weight is 403 g/mol. The van der Waals surface area contributed by atoms with Crippen molar-refractivity contribution in [3.8, 4) is 5.75 Å². The van der Waals surface area contributed by atoms with Crippen molar-refractivity contribution < 1.29 is 22.7 Å². The number of benzene rings is 2. The molecule has 4 rings (SSSR count). The minimum absolute atomic E-state index is 0.0312. The maximum Gasteiger partial charge on any atom is 0.573 e. The van der Waals surface area contributed by atoms with E-state index in [2.05, 4.69) is 15.1 Å². The van der Waals surface area contributed by atoms with Crippen molar-refractivity contribution >= 4 is 16.8 Å². The molecular formula is C20H16F3N3O3. The minimum Gasteiger partial charge on any atom is -0.406 e. The van der Waals surface area contributed by atoms with Gasteiger partial charge in [0.1, 0.15) is 11.6 Å². The summed E-state index contributed by atoms with van der Waals surface area (Å²) in [6, 6.07) is 12.4. The highest BCUT2D eigenvalue weighted by molar-refractivity contribution is 5.86. The third kappa shape index (κ3) is 4.39. The van der Waals surface area contributed by atoms with E-state index < -0.39 is 23.6 Å². The smallest absolute Gasteiger partial charge is 0.406 e. The summed E-state index contributed by atoms with van der Waals surface area (Å²) in [5, 5.41) is 0.0870. The number of halogens is 3. The summed E-state index contributed by atoms with van der Waals surface area (Å²) in [5.41, 5.74) is 2.92. The number of amides is 1. The Bertz CT molecular complexity index is 1120. The molecule has 6 nitrogen and oxygen atoms in total. The van der Waals surface area contributed by atoms with Crippen LogP contribution in [0.5, 0.6) is 5.75 Å². The van der Waals surface area contributed by atoms with Crippen LogP contribution in [0.25, 0.3) is 10.9 Å². The second kappa shape index (κ2) is 7.23. The van der Waals surface area contributed by atoms with Crippen molar-refractivity contribution in [2.45, 2.75) is 31.5 Å². The van der Waals surface area contributed by atoms with E-state index in [1.165, 1.54) is 6.07 Å². The van der Waals surface area contributed by atoms with Gasteiger partial charge in [-0.15, -0.1) is 13.2 Å². The molecule has 1 aromatic heterocycles. The van der Waals surface area contributed by atoms with E-state index in [0.717, 1.165) is 35.2 Å². The number of carbonyl (C=O) groups excluding carboxylic acids is 1. The Labute approximate surface area is 162 Å². The van der Waals surface area contributed by atoms with Crippen LogP contribution in [0.4, 0.5) is 13.2 Å². The fraction of sp³-hybridized carbons (Fsp3) is 0.250. The molecule has 29 heavy (non-hydrogen) atoms. The number of nitrogens with zero attached hydrogens (tertiary/aromatic N) is 2. The van der Waals surface area contributed by atoms with Crippen LogP contribution in [0.3, 0.4) is 0 Å². The molecule has 1 heterocycles. The monoisotopic (exact) mass is 403 g/mol. The van der Waals surface area contributed by atoms with E-state index in [4.69, 9.17) is 0 Å². The maximum absolute atomic E-state index is 12.9. The average Bonchev–Trinajstić information content (AvgIpc) is 3.48. The van der Waals surface area contributed by atoms with Gasteiger partial charge in [0.15, 0.2) is 0 Å². The Morgan fingerprint density at radius 2 is 1.90 bits per heavy atom. The number of rotatable bonds is 5. The van der Waals surface area contributed by atoms with Crippen molar-refractivity contribution in [1.82, 2.24) is 9.66 Å². The molecule has 1 aliphatic rings. The highest BCUT2D eigenvalue weighted by Crippen LogP contribution is 2.39. The molecular weight excluding hydrogens is 387 g/mol. The molecule has 0 unspecified atom stereocenters. The van der Waals surface area contributed by atoms with Crippen LogP contribution < -0.4 is 15.7 Å². The van der Waals surface area contributed by atoms with Gasteiger partial charge in [0.2, 0.25) is 5.91 Å². The summed E-state index contributed by atoms with van der Waals surface area (Å²) in [6.45, 7) is 0. The first-order valence-electron chi connectivity index (χ1n) is 8.96. The van der Waals surface area contributed by atoms with Gasteiger partial charge in [-0.3, -0.25) is 15.0 Å². The van der Waals surface area contributed by atoms with Crippen LogP contribution in [0.1, 0.15) is 30.1 Å². The van der Waals surface area contributed by atoms with Gasteiger partial charge >= 0.3 is 6.36 Å². The summed E-state index contributed by atoms with van der Waals surface area (Å²) < 4.78 is 42.4. The first-order chi connectivity index (χ1) is 13.8. The lowest BCUT2D eigenvalue weighted by Crippen LogP contribution is -2.37. The zero-order chi connectivity index (χ0) is 20.6. The van der Waals surface area contributed by atoms with Gasteiger partial charge in [0.25, 0.3) is 5.56 Å². The van der Waals surface area contributed by atoms with Crippen LogP contribution in [0.2, 0.25) is 0 Å². The van der Waals surface area contributed by atoms with Gasteiger partial charge in [0, 0.05) is 12.0 Å². The Kier molecular flexibility index (Phi) is 4.73. The number of nitrogens with one attached hydrogen (secondary N) is 1. The van der Waals surface area contributed by atoms with E-state index in [1.807, 2.05) is 18.2 Å². The molecule has 3 aromatic rings. The van der Waals surface area contributed by atoms with Gasteiger partial charge < -0.3 is 4.74 Å². The van der Waals surface area contributed by atoms with Gasteiger partial charge in [-0.05, 0) is 30.5 Å². The number of hydrogen-bond acceptors (Lipinski definition) is 4. The zero-order valence-corrected chi connectivity index (χ0v) is 15.1. The summed E-state index contributed by atoms with van der Waals surface area (Å²) in [6.07, 6.45) is -3.20. The van der Waals surface area contributed by atoms with Crippen molar-refractivity contribution in [2.75, 3.05) is 5.43 Å². The summed E-state index contributed by atoms with van der Waals surface area (Å²) >= 11 is 0. The van der Waals surface area contributed by atoms with Crippen LogP contribution in [-0.4, -0.2) is 21.9 Å². The molecule has 0 atom stereocenters. The molecule has 2 aromatic carbocycles. The molecule has 0 saturated heterocycles. The molecule has 9 heteroatoms. The molecule has 0 spiro atoms. The third-order valence-corrected chi connectivity index (χ3v) is 4.49. The van der Waals surface area contributed by atoms with Crippen LogP contribution in [0, 0.1) is 0 Å². The third-order valence-electron chi connectivity index (χ3n) is 4.49. The highest BCUT2D eigenvalue weighted by Gasteiger charge is 2.32. The summed E-state index contributed by atoms with van der Waals surface area (Å²) in [5.74, 6) is -0.549. The molecule has 0 bridgehead atoms. The predicted molar refractivity (Wildman–Crippen MR) is 99.2 cm³/mol. The summed E-state index contributed by atoms with van der Waals surface area (Å²) in [4.78, 5) is 29.7. The van der Waals surface area contributed by atoms with E-state index in [-0.39, 0.29) is 23.2 Å². The molecule has 1 aliphatic carbocycles. The molecule has 1 N–H and O–H groups in total. The molecule has 1 amide bonds. The Morgan fingerprint density at radius 3 is 2.55 bits per heavy atom. The molecule has 0 radical (unpaired) electrons. The van der Waals surface area contributed by atoms with Crippen molar-refractivity contribution in [2.24, 2.45) is 0 Å². The van der Waals surface area contributed by atoms with Gasteiger partial charge in [-0.2, -0.15) is 0 Å². The lowest BCUT2D eigenvalue weighted by Gasteiger charge is -2.15. The lowest BCUT2D eigenvalue weighted by molar-refractivity contribution is -0.274. The van der Waals surface area contributed by atoms with Gasteiger partial charge in [0.05, 0.1) is 17.3 Å². The predicted octanol–water partition coefficient (Wildman–Crippen LogP) is 3.49. The Hall–Kier alpha value is -3.36.